The van der Waals surface area contributed by atoms with Crippen molar-refractivity contribution in [2.45, 2.75) is 20.4 Å². The minimum absolute atomic E-state index is 0.639. The molecule has 0 aliphatic heterocycles. The Labute approximate surface area is 132 Å². The maximum Gasteiger partial charge on any atom is 0.141 e. The van der Waals surface area contributed by atoms with Crippen molar-refractivity contribution in [3.05, 3.63) is 52.0 Å². The van der Waals surface area contributed by atoms with E-state index in [0.29, 0.717) is 5.56 Å². The fourth-order valence-corrected chi connectivity index (χ4v) is 2.85. The van der Waals surface area contributed by atoms with E-state index in [0.717, 1.165) is 33.4 Å². The molecule has 0 N–H and O–H groups in total. The van der Waals surface area contributed by atoms with Crippen LogP contribution in [0.3, 0.4) is 0 Å². The van der Waals surface area contributed by atoms with Gasteiger partial charge in [0.05, 0.1) is 22.7 Å². The summed E-state index contributed by atoms with van der Waals surface area (Å²) in [6.07, 6.45) is 0. The van der Waals surface area contributed by atoms with Crippen molar-refractivity contribution in [2.75, 3.05) is 0 Å². The topological polar surface area (TPSA) is 41.6 Å². The lowest BCUT2D eigenvalue weighted by atomic mass is 10.1. The first-order valence-corrected chi connectivity index (χ1v) is 7.60. The molecule has 0 amide bonds. The van der Waals surface area contributed by atoms with Crippen molar-refractivity contribution in [1.82, 2.24) is 9.55 Å². The molecule has 0 radical (unpaired) electrons. The number of halogens is 1. The van der Waals surface area contributed by atoms with Gasteiger partial charge in [-0.25, -0.2) is 4.98 Å². The maximum atomic E-state index is 9.02. The van der Waals surface area contributed by atoms with Crippen LogP contribution in [0, 0.1) is 18.3 Å². The van der Waals surface area contributed by atoms with Crippen molar-refractivity contribution >= 4 is 27.0 Å². The lowest BCUT2D eigenvalue weighted by Crippen LogP contribution is -1.97. The van der Waals surface area contributed by atoms with Crippen LogP contribution in [-0.2, 0) is 6.54 Å². The third kappa shape index (κ3) is 2.34. The largest absolute Gasteiger partial charge is 0.324 e. The van der Waals surface area contributed by atoms with Gasteiger partial charge in [0.25, 0.3) is 0 Å². The molecule has 4 heteroatoms. The van der Waals surface area contributed by atoms with Gasteiger partial charge in [-0.1, -0.05) is 28.1 Å². The summed E-state index contributed by atoms with van der Waals surface area (Å²) in [4.78, 5) is 4.72. The normalized spacial score (nSPS) is 10.8. The highest BCUT2D eigenvalue weighted by Gasteiger charge is 2.12. The summed E-state index contributed by atoms with van der Waals surface area (Å²) in [5, 5.41) is 9.02. The van der Waals surface area contributed by atoms with Crippen LogP contribution in [0.4, 0.5) is 0 Å². The number of aryl methyl sites for hydroxylation is 2. The van der Waals surface area contributed by atoms with Gasteiger partial charge in [0.2, 0.25) is 0 Å². The molecule has 0 aliphatic rings. The van der Waals surface area contributed by atoms with E-state index in [9.17, 15) is 0 Å². The predicted molar refractivity (Wildman–Crippen MR) is 88.0 cm³/mol. The molecule has 0 saturated carbocycles. The molecule has 0 aliphatic carbocycles. The Morgan fingerprint density at radius 2 is 2.05 bits per heavy atom. The highest BCUT2D eigenvalue weighted by Crippen LogP contribution is 2.28. The molecule has 21 heavy (non-hydrogen) atoms. The smallest absolute Gasteiger partial charge is 0.141 e. The SMILES string of the molecule is CCn1c(-c2ccc(C)c(Br)c2)nc2cc(C#N)ccc21. The third-order valence-electron chi connectivity index (χ3n) is 3.62. The van der Waals surface area contributed by atoms with E-state index < -0.39 is 0 Å². The molecule has 1 aromatic heterocycles. The molecule has 0 saturated heterocycles. The van der Waals surface area contributed by atoms with E-state index >= 15 is 0 Å². The number of rotatable bonds is 2. The zero-order valence-corrected chi connectivity index (χ0v) is 13.5. The van der Waals surface area contributed by atoms with Gasteiger partial charge in [0, 0.05) is 16.6 Å². The van der Waals surface area contributed by atoms with Gasteiger partial charge in [-0.3, -0.25) is 0 Å². The average molecular weight is 340 g/mol. The number of aromatic nitrogens is 2. The predicted octanol–water partition coefficient (Wildman–Crippen LogP) is 4.67. The molecule has 1 heterocycles. The van der Waals surface area contributed by atoms with Crippen molar-refractivity contribution in [3.63, 3.8) is 0 Å². The number of nitriles is 1. The first-order chi connectivity index (χ1) is 10.1. The lowest BCUT2D eigenvalue weighted by molar-refractivity contribution is 0.796. The zero-order chi connectivity index (χ0) is 15.0. The van der Waals surface area contributed by atoms with E-state index in [2.05, 4.69) is 58.6 Å². The van der Waals surface area contributed by atoms with E-state index in [1.165, 1.54) is 5.56 Å². The number of benzene rings is 2. The first-order valence-electron chi connectivity index (χ1n) is 6.81. The second-order valence-electron chi connectivity index (χ2n) is 4.96. The van der Waals surface area contributed by atoms with E-state index in [1.54, 1.807) is 0 Å². The van der Waals surface area contributed by atoms with E-state index in [1.807, 2.05) is 18.2 Å². The van der Waals surface area contributed by atoms with E-state index in [4.69, 9.17) is 10.2 Å². The van der Waals surface area contributed by atoms with Crippen LogP contribution >= 0.6 is 15.9 Å². The second-order valence-corrected chi connectivity index (χ2v) is 5.81. The molecule has 3 nitrogen and oxygen atoms in total. The number of hydrogen-bond donors (Lipinski definition) is 0. The standard InChI is InChI=1S/C17H14BrN3/c1-3-21-16-7-5-12(10-19)8-15(16)20-17(21)13-6-4-11(2)14(18)9-13/h4-9H,3H2,1-2H3. The van der Waals surface area contributed by atoms with Crippen LogP contribution in [0.1, 0.15) is 18.1 Å². The highest BCUT2D eigenvalue weighted by atomic mass is 79.9. The summed E-state index contributed by atoms with van der Waals surface area (Å²) < 4.78 is 3.25. The van der Waals surface area contributed by atoms with Crippen LogP contribution in [0.15, 0.2) is 40.9 Å². The summed E-state index contributed by atoms with van der Waals surface area (Å²) in [5.74, 6) is 0.934. The molecular formula is C17H14BrN3. The molecule has 3 aromatic rings. The first kappa shape index (κ1) is 13.8. The summed E-state index contributed by atoms with van der Waals surface area (Å²) in [6, 6.07) is 14.1. The van der Waals surface area contributed by atoms with Crippen LogP contribution < -0.4 is 0 Å². The average Bonchev–Trinajstić information content (AvgIpc) is 2.87. The van der Waals surface area contributed by atoms with Crippen LogP contribution in [0.5, 0.6) is 0 Å². The quantitative estimate of drug-likeness (QED) is 0.680. The molecule has 0 spiro atoms. The zero-order valence-electron chi connectivity index (χ0n) is 11.9. The van der Waals surface area contributed by atoms with Crippen molar-refractivity contribution in [3.8, 4) is 17.5 Å². The molecule has 104 valence electrons. The third-order valence-corrected chi connectivity index (χ3v) is 4.48. The molecule has 0 bridgehead atoms. The monoisotopic (exact) mass is 339 g/mol. The van der Waals surface area contributed by atoms with Crippen LogP contribution in [0.2, 0.25) is 0 Å². The number of fused-ring (bicyclic) bond motifs is 1. The number of nitrogens with zero attached hydrogens (tertiary/aromatic N) is 3. The molecule has 0 fully saturated rings. The Morgan fingerprint density at radius 1 is 1.24 bits per heavy atom. The van der Waals surface area contributed by atoms with Gasteiger partial charge >= 0.3 is 0 Å². The molecule has 0 atom stereocenters. The Hall–Kier alpha value is -2.12. The van der Waals surface area contributed by atoms with Crippen molar-refractivity contribution < 1.29 is 0 Å². The Bertz CT molecular complexity index is 872. The Morgan fingerprint density at radius 3 is 2.71 bits per heavy atom. The van der Waals surface area contributed by atoms with Gasteiger partial charge in [-0.05, 0) is 43.7 Å². The second kappa shape index (κ2) is 5.34. The van der Waals surface area contributed by atoms with Gasteiger partial charge in [-0.2, -0.15) is 5.26 Å². The van der Waals surface area contributed by atoms with Crippen LogP contribution in [0.25, 0.3) is 22.4 Å². The summed E-state index contributed by atoms with van der Waals surface area (Å²) in [7, 11) is 0. The van der Waals surface area contributed by atoms with E-state index in [-0.39, 0.29) is 0 Å². The number of hydrogen-bond acceptors (Lipinski definition) is 2. The maximum absolute atomic E-state index is 9.02. The summed E-state index contributed by atoms with van der Waals surface area (Å²) >= 11 is 3.58. The lowest BCUT2D eigenvalue weighted by Gasteiger charge is -2.07. The minimum Gasteiger partial charge on any atom is -0.324 e. The Kier molecular flexibility index (Phi) is 3.52. The van der Waals surface area contributed by atoms with Gasteiger partial charge < -0.3 is 4.57 Å². The summed E-state index contributed by atoms with van der Waals surface area (Å²) in [5.41, 5.74) is 4.83. The molecule has 2 aromatic carbocycles. The number of imidazole rings is 1. The van der Waals surface area contributed by atoms with Gasteiger partial charge in [0.15, 0.2) is 0 Å². The van der Waals surface area contributed by atoms with Gasteiger partial charge in [-0.15, -0.1) is 0 Å². The van der Waals surface area contributed by atoms with Crippen LogP contribution in [-0.4, -0.2) is 9.55 Å². The highest BCUT2D eigenvalue weighted by molar-refractivity contribution is 9.10. The molecular weight excluding hydrogens is 326 g/mol. The molecule has 0 unspecified atom stereocenters. The Balaban J connectivity index is 2.26. The van der Waals surface area contributed by atoms with Crippen molar-refractivity contribution in [2.24, 2.45) is 0 Å². The molecule has 3 rings (SSSR count). The van der Waals surface area contributed by atoms with Gasteiger partial charge in [0.1, 0.15) is 5.82 Å². The summed E-state index contributed by atoms with van der Waals surface area (Å²) in [6.45, 7) is 5.01. The fraction of sp³-hybridized carbons (Fsp3) is 0.176. The minimum atomic E-state index is 0.639. The van der Waals surface area contributed by atoms with Crippen molar-refractivity contribution in [1.29, 1.82) is 5.26 Å². The fourth-order valence-electron chi connectivity index (χ4n) is 2.47.